The molecule has 0 heterocycles. The van der Waals surface area contributed by atoms with E-state index >= 15 is 0 Å². The molecule has 0 saturated heterocycles. The summed E-state index contributed by atoms with van der Waals surface area (Å²) in [5, 5.41) is 5.67. The Morgan fingerprint density at radius 2 is 0.667 bits per heavy atom. The summed E-state index contributed by atoms with van der Waals surface area (Å²) in [5.41, 5.74) is 6.24. The van der Waals surface area contributed by atoms with Crippen molar-refractivity contribution in [3.05, 3.63) is 58.7 Å². The van der Waals surface area contributed by atoms with E-state index in [1.807, 2.05) is 0 Å². The first kappa shape index (κ1) is 9.16. The van der Waals surface area contributed by atoms with E-state index in [1.54, 1.807) is 22.3 Å². The lowest BCUT2D eigenvalue weighted by molar-refractivity contribution is 0.843. The molecule has 0 N–H and O–H groups in total. The van der Waals surface area contributed by atoms with Gasteiger partial charge in [0.1, 0.15) is 0 Å². The molecular formula is C18H14. The summed E-state index contributed by atoms with van der Waals surface area (Å²) >= 11 is 0. The summed E-state index contributed by atoms with van der Waals surface area (Å²) in [5.74, 6) is 0. The molecule has 0 radical (unpaired) electrons. The van der Waals surface area contributed by atoms with Crippen LogP contribution in [0.4, 0.5) is 0 Å². The minimum absolute atomic E-state index is 1.27. The van der Waals surface area contributed by atoms with Crippen LogP contribution in [-0.2, 0) is 25.7 Å². The van der Waals surface area contributed by atoms with Crippen LogP contribution >= 0.6 is 0 Å². The largest absolute Gasteiger partial charge is 0.0509 e. The Bertz CT molecular complexity index is 687. The van der Waals surface area contributed by atoms with E-state index in [0.29, 0.717) is 0 Å². The van der Waals surface area contributed by atoms with E-state index in [0.717, 1.165) is 0 Å². The zero-order chi connectivity index (χ0) is 11.7. The van der Waals surface area contributed by atoms with Gasteiger partial charge < -0.3 is 0 Å². The first-order valence-electron chi connectivity index (χ1n) is 6.88. The van der Waals surface area contributed by atoms with Crippen LogP contribution in [0.15, 0.2) is 36.4 Å². The van der Waals surface area contributed by atoms with Crippen molar-refractivity contribution in [1.82, 2.24) is 0 Å². The Balaban J connectivity index is 1.91. The molecule has 0 fully saturated rings. The maximum absolute atomic E-state index is 2.40. The molecular weight excluding hydrogens is 216 g/mol. The average molecular weight is 230 g/mol. The van der Waals surface area contributed by atoms with Crippen LogP contribution in [0.1, 0.15) is 22.3 Å². The van der Waals surface area contributed by atoms with Crippen molar-refractivity contribution in [3.63, 3.8) is 0 Å². The van der Waals surface area contributed by atoms with Crippen molar-refractivity contribution in [2.24, 2.45) is 0 Å². The molecule has 0 atom stereocenters. The van der Waals surface area contributed by atoms with Crippen LogP contribution in [0.3, 0.4) is 0 Å². The van der Waals surface area contributed by atoms with Gasteiger partial charge in [-0.2, -0.15) is 0 Å². The van der Waals surface area contributed by atoms with Gasteiger partial charge in [-0.1, -0.05) is 24.3 Å². The Labute approximate surface area is 106 Å². The molecule has 0 nitrogen and oxygen atoms in total. The monoisotopic (exact) mass is 230 g/mol. The zero-order valence-corrected chi connectivity index (χ0v) is 10.3. The van der Waals surface area contributed by atoms with Gasteiger partial charge in [0.05, 0.1) is 0 Å². The van der Waals surface area contributed by atoms with Gasteiger partial charge in [0, 0.05) is 0 Å². The number of fused-ring (bicyclic) bond motifs is 4. The van der Waals surface area contributed by atoms with Gasteiger partial charge in [-0.05, 0) is 81.6 Å². The smallest absolute Gasteiger partial charge is 0.0175 e. The van der Waals surface area contributed by atoms with Gasteiger partial charge in [0.25, 0.3) is 0 Å². The second-order valence-electron chi connectivity index (χ2n) is 5.79. The molecule has 3 aromatic rings. The van der Waals surface area contributed by atoms with Crippen molar-refractivity contribution >= 4 is 21.5 Å². The minimum Gasteiger partial charge on any atom is -0.0509 e. The van der Waals surface area contributed by atoms with Crippen molar-refractivity contribution < 1.29 is 0 Å². The summed E-state index contributed by atoms with van der Waals surface area (Å²) in [7, 11) is 0. The molecule has 5 rings (SSSR count). The average Bonchev–Trinajstić information content (AvgIpc) is 2.33. The topological polar surface area (TPSA) is 0 Å². The predicted molar refractivity (Wildman–Crippen MR) is 76.3 cm³/mol. The second kappa shape index (κ2) is 2.95. The third-order valence-corrected chi connectivity index (χ3v) is 4.76. The highest BCUT2D eigenvalue weighted by atomic mass is 14.2. The summed E-state index contributed by atoms with van der Waals surface area (Å²) in [4.78, 5) is 0. The summed E-state index contributed by atoms with van der Waals surface area (Å²) in [6.07, 6.45) is 5.09. The lowest BCUT2D eigenvalue weighted by Crippen LogP contribution is -2.08. The maximum Gasteiger partial charge on any atom is -0.0175 e. The molecule has 0 saturated carbocycles. The summed E-state index contributed by atoms with van der Waals surface area (Å²) in [6, 6.07) is 14.3. The van der Waals surface area contributed by atoms with Crippen molar-refractivity contribution in [3.8, 4) is 0 Å². The fraction of sp³-hybridized carbons (Fsp3) is 0.222. The Morgan fingerprint density at radius 3 is 0.889 bits per heavy atom. The summed E-state index contributed by atoms with van der Waals surface area (Å²) in [6.45, 7) is 0. The van der Waals surface area contributed by atoms with Gasteiger partial charge in [-0.25, -0.2) is 0 Å². The maximum atomic E-state index is 2.40. The zero-order valence-electron chi connectivity index (χ0n) is 10.3. The van der Waals surface area contributed by atoms with Gasteiger partial charge >= 0.3 is 0 Å². The Kier molecular flexibility index (Phi) is 1.50. The standard InChI is InChI=1S/C18H14/c1-2-12-6-16-10-18-8-14-4-3-13(14)7-17(18)9-15(16)5-11(1)12/h5-10H,1-4H2. The number of hydrogen-bond acceptors (Lipinski definition) is 0. The highest BCUT2D eigenvalue weighted by Gasteiger charge is 2.16. The van der Waals surface area contributed by atoms with Crippen LogP contribution in [-0.4, -0.2) is 0 Å². The predicted octanol–water partition coefficient (Wildman–Crippen LogP) is 4.19. The quantitative estimate of drug-likeness (QED) is 0.508. The number of hydrogen-bond donors (Lipinski definition) is 0. The molecule has 0 bridgehead atoms. The van der Waals surface area contributed by atoms with Crippen LogP contribution in [0, 0.1) is 0 Å². The molecule has 86 valence electrons. The number of aryl methyl sites for hydroxylation is 4. The second-order valence-corrected chi connectivity index (χ2v) is 5.79. The van der Waals surface area contributed by atoms with E-state index in [1.165, 1.54) is 47.2 Å². The molecule has 0 amide bonds. The molecule has 0 unspecified atom stereocenters. The summed E-state index contributed by atoms with van der Waals surface area (Å²) < 4.78 is 0. The van der Waals surface area contributed by atoms with Crippen molar-refractivity contribution in [2.45, 2.75) is 25.7 Å². The molecule has 0 spiro atoms. The molecule has 0 heteroatoms. The molecule has 0 aromatic heterocycles. The Hall–Kier alpha value is -1.82. The van der Waals surface area contributed by atoms with E-state index in [9.17, 15) is 0 Å². The van der Waals surface area contributed by atoms with Crippen LogP contribution < -0.4 is 0 Å². The lowest BCUT2D eigenvalue weighted by Gasteiger charge is -2.21. The fourth-order valence-corrected chi connectivity index (χ4v) is 3.41. The lowest BCUT2D eigenvalue weighted by atomic mass is 9.83. The number of rotatable bonds is 0. The Morgan fingerprint density at radius 1 is 0.389 bits per heavy atom. The minimum atomic E-state index is 1.27. The van der Waals surface area contributed by atoms with E-state index in [-0.39, 0.29) is 0 Å². The van der Waals surface area contributed by atoms with Gasteiger partial charge in [0.2, 0.25) is 0 Å². The fourth-order valence-electron chi connectivity index (χ4n) is 3.41. The third-order valence-electron chi connectivity index (χ3n) is 4.76. The highest BCUT2D eigenvalue weighted by molar-refractivity contribution is 5.99. The third kappa shape index (κ3) is 1.06. The highest BCUT2D eigenvalue weighted by Crippen LogP contribution is 2.34. The van der Waals surface area contributed by atoms with Crippen molar-refractivity contribution in [2.75, 3.05) is 0 Å². The number of benzene rings is 3. The van der Waals surface area contributed by atoms with Crippen LogP contribution in [0.25, 0.3) is 21.5 Å². The first-order chi connectivity index (χ1) is 8.87. The van der Waals surface area contributed by atoms with E-state index < -0.39 is 0 Å². The molecule has 18 heavy (non-hydrogen) atoms. The van der Waals surface area contributed by atoms with Crippen LogP contribution in [0.5, 0.6) is 0 Å². The first-order valence-corrected chi connectivity index (χ1v) is 6.88. The molecule has 3 aromatic carbocycles. The normalized spacial score (nSPS) is 16.0. The SMILES string of the molecule is c1c2c(cc3cc4cc5c(cc4cc13)CC5)CC2. The van der Waals surface area contributed by atoms with Gasteiger partial charge in [-0.15, -0.1) is 0 Å². The van der Waals surface area contributed by atoms with Gasteiger partial charge in [-0.3, -0.25) is 0 Å². The van der Waals surface area contributed by atoms with E-state index in [4.69, 9.17) is 0 Å². The molecule has 2 aliphatic carbocycles. The van der Waals surface area contributed by atoms with E-state index in [2.05, 4.69) is 36.4 Å². The van der Waals surface area contributed by atoms with Crippen LogP contribution in [0.2, 0.25) is 0 Å². The molecule has 0 aliphatic heterocycles. The molecule has 2 aliphatic rings. The van der Waals surface area contributed by atoms with Gasteiger partial charge in [0.15, 0.2) is 0 Å². The van der Waals surface area contributed by atoms with Crippen molar-refractivity contribution in [1.29, 1.82) is 0 Å².